The summed E-state index contributed by atoms with van der Waals surface area (Å²) >= 11 is 16.9. The number of fused-ring (bicyclic) bond motifs is 1. The van der Waals surface area contributed by atoms with E-state index in [9.17, 15) is 5.11 Å². The number of H-pyrrole nitrogens is 1. The molecule has 1 aromatic heterocycles. The number of aromatic nitrogens is 2. The zero-order valence-corrected chi connectivity index (χ0v) is 9.03. The van der Waals surface area contributed by atoms with E-state index in [2.05, 4.69) is 9.97 Å². The van der Waals surface area contributed by atoms with Crippen LogP contribution in [0.25, 0.3) is 11.0 Å². The minimum absolute atomic E-state index is 0.136. The average Bonchev–Trinajstić information content (AvgIpc) is 2.45. The molecule has 0 aliphatic rings. The molecule has 0 fully saturated rings. The van der Waals surface area contributed by atoms with Crippen molar-refractivity contribution in [1.29, 1.82) is 0 Å². The van der Waals surface area contributed by atoms with Crippen LogP contribution in [0, 0.1) is 0 Å². The number of phenols is 1. The molecule has 0 aliphatic heterocycles. The van der Waals surface area contributed by atoms with E-state index in [1.54, 1.807) is 6.07 Å². The van der Waals surface area contributed by atoms with Crippen LogP contribution in [0.5, 0.6) is 5.75 Å². The Kier molecular flexibility index (Phi) is 2.26. The van der Waals surface area contributed by atoms with Crippen LogP contribution in [0.2, 0.25) is 0 Å². The van der Waals surface area contributed by atoms with Gasteiger partial charge < -0.3 is 10.1 Å². The third-order valence-electron chi connectivity index (χ3n) is 1.73. The maximum absolute atomic E-state index is 9.20. The quantitative estimate of drug-likeness (QED) is 0.707. The van der Waals surface area contributed by atoms with Gasteiger partial charge in [-0.15, -0.1) is 0 Å². The number of aromatic hydroxyl groups is 1. The number of benzene rings is 1. The monoisotopic (exact) mass is 250 g/mol. The zero-order chi connectivity index (χ0) is 10.3. The second-order valence-corrected chi connectivity index (χ2v) is 5.07. The summed E-state index contributed by atoms with van der Waals surface area (Å²) in [5, 5.41) is 9.20. The van der Waals surface area contributed by atoms with Crippen molar-refractivity contribution in [2.75, 3.05) is 0 Å². The number of nitrogens with one attached hydrogen (secondary N) is 1. The van der Waals surface area contributed by atoms with E-state index in [-0.39, 0.29) is 11.6 Å². The smallest absolute Gasteiger partial charge is 0.248 e. The largest absolute Gasteiger partial charge is 0.508 e. The number of phenolic OH excluding ortho intramolecular Hbond substituents is 1. The van der Waals surface area contributed by atoms with E-state index < -0.39 is 3.79 Å². The Balaban J connectivity index is 2.63. The van der Waals surface area contributed by atoms with E-state index in [0.717, 1.165) is 0 Å². The Hall–Kier alpha value is -0.640. The molecule has 2 aromatic rings. The van der Waals surface area contributed by atoms with Crippen molar-refractivity contribution in [3.05, 3.63) is 24.0 Å². The first-order chi connectivity index (χ1) is 6.47. The maximum Gasteiger partial charge on any atom is 0.248 e. The topological polar surface area (TPSA) is 48.9 Å². The number of halogens is 3. The highest BCUT2D eigenvalue weighted by Crippen LogP contribution is 2.37. The van der Waals surface area contributed by atoms with Crippen molar-refractivity contribution in [2.24, 2.45) is 0 Å². The highest BCUT2D eigenvalue weighted by molar-refractivity contribution is 6.66. The Bertz CT molecular complexity index is 475. The van der Waals surface area contributed by atoms with Gasteiger partial charge in [-0.25, -0.2) is 4.98 Å². The van der Waals surface area contributed by atoms with Crippen LogP contribution >= 0.6 is 34.8 Å². The molecule has 14 heavy (non-hydrogen) atoms. The highest BCUT2D eigenvalue weighted by atomic mass is 35.6. The summed E-state index contributed by atoms with van der Waals surface area (Å²) < 4.78 is -1.57. The van der Waals surface area contributed by atoms with E-state index in [4.69, 9.17) is 34.8 Å². The number of alkyl halides is 3. The third kappa shape index (κ3) is 1.75. The van der Waals surface area contributed by atoms with Gasteiger partial charge in [0.2, 0.25) is 3.79 Å². The van der Waals surface area contributed by atoms with E-state index in [0.29, 0.717) is 11.0 Å². The molecule has 0 saturated heterocycles. The van der Waals surface area contributed by atoms with Crippen molar-refractivity contribution < 1.29 is 5.11 Å². The zero-order valence-electron chi connectivity index (χ0n) is 6.76. The molecule has 1 aromatic carbocycles. The van der Waals surface area contributed by atoms with Gasteiger partial charge in [0.05, 0.1) is 11.0 Å². The molecule has 0 unspecified atom stereocenters. The van der Waals surface area contributed by atoms with E-state index in [1.165, 1.54) is 12.1 Å². The molecule has 1 heterocycles. The van der Waals surface area contributed by atoms with Crippen molar-refractivity contribution in [3.8, 4) is 5.75 Å². The van der Waals surface area contributed by atoms with Gasteiger partial charge in [0.15, 0.2) is 5.82 Å². The molecule has 74 valence electrons. The molecule has 0 saturated carbocycles. The second-order valence-electron chi connectivity index (χ2n) is 2.78. The lowest BCUT2D eigenvalue weighted by atomic mass is 10.3. The summed E-state index contributed by atoms with van der Waals surface area (Å²) in [7, 11) is 0. The number of aromatic amines is 1. The van der Waals surface area contributed by atoms with Gasteiger partial charge >= 0.3 is 0 Å². The fourth-order valence-corrected chi connectivity index (χ4v) is 1.40. The molecule has 6 heteroatoms. The van der Waals surface area contributed by atoms with Crippen molar-refractivity contribution in [2.45, 2.75) is 3.79 Å². The van der Waals surface area contributed by atoms with Gasteiger partial charge in [-0.05, 0) is 12.1 Å². The summed E-state index contributed by atoms with van der Waals surface area (Å²) in [6.45, 7) is 0. The number of hydrogen-bond acceptors (Lipinski definition) is 2. The Morgan fingerprint density at radius 2 is 2.00 bits per heavy atom. The fourth-order valence-electron chi connectivity index (χ4n) is 1.13. The normalized spacial score (nSPS) is 12.2. The van der Waals surface area contributed by atoms with Crippen LogP contribution in [0.15, 0.2) is 18.2 Å². The standard InChI is InChI=1S/C8H5Cl3N2O/c9-8(10,11)7-12-5-2-1-4(14)3-6(5)13-7/h1-3,14H,(H,12,13). The summed E-state index contributed by atoms with van der Waals surface area (Å²) in [6.07, 6.45) is 0. The van der Waals surface area contributed by atoms with E-state index >= 15 is 0 Å². The van der Waals surface area contributed by atoms with Gasteiger partial charge in [0, 0.05) is 6.07 Å². The summed E-state index contributed by atoms with van der Waals surface area (Å²) in [6, 6.07) is 4.68. The van der Waals surface area contributed by atoms with Crippen LogP contribution in [0.4, 0.5) is 0 Å². The number of hydrogen-bond donors (Lipinski definition) is 2. The lowest BCUT2D eigenvalue weighted by molar-refractivity contribution is 0.476. The van der Waals surface area contributed by atoms with Gasteiger partial charge in [-0.2, -0.15) is 0 Å². The number of imidazole rings is 1. The van der Waals surface area contributed by atoms with Crippen LogP contribution < -0.4 is 0 Å². The van der Waals surface area contributed by atoms with E-state index in [1.807, 2.05) is 0 Å². The molecule has 0 spiro atoms. The van der Waals surface area contributed by atoms with Crippen LogP contribution in [0.1, 0.15) is 5.82 Å². The SMILES string of the molecule is Oc1ccc2nc(C(Cl)(Cl)Cl)[nH]c2c1. The summed E-state index contributed by atoms with van der Waals surface area (Å²) in [5.74, 6) is 0.375. The third-order valence-corrected chi connectivity index (χ3v) is 2.27. The van der Waals surface area contributed by atoms with Gasteiger partial charge in [0.25, 0.3) is 0 Å². The van der Waals surface area contributed by atoms with Crippen molar-refractivity contribution >= 4 is 45.8 Å². The molecule has 0 amide bonds. The highest BCUT2D eigenvalue weighted by Gasteiger charge is 2.26. The Labute approximate surface area is 94.6 Å². The molecule has 0 radical (unpaired) electrons. The Morgan fingerprint density at radius 3 is 2.64 bits per heavy atom. The van der Waals surface area contributed by atoms with Crippen LogP contribution in [-0.4, -0.2) is 15.1 Å². The molecule has 0 atom stereocenters. The van der Waals surface area contributed by atoms with Crippen LogP contribution in [-0.2, 0) is 3.79 Å². The minimum atomic E-state index is -1.57. The molecule has 0 bridgehead atoms. The fraction of sp³-hybridized carbons (Fsp3) is 0.125. The first-order valence-corrected chi connectivity index (χ1v) is 4.86. The lowest BCUT2D eigenvalue weighted by Crippen LogP contribution is -2.01. The maximum atomic E-state index is 9.20. The van der Waals surface area contributed by atoms with Gasteiger partial charge in [-0.3, -0.25) is 0 Å². The molecule has 2 rings (SSSR count). The summed E-state index contributed by atoms with van der Waals surface area (Å²) in [5.41, 5.74) is 1.27. The van der Waals surface area contributed by atoms with Gasteiger partial charge in [0.1, 0.15) is 5.75 Å². The first kappa shape index (κ1) is 9.90. The number of rotatable bonds is 0. The second kappa shape index (κ2) is 3.19. The van der Waals surface area contributed by atoms with Crippen molar-refractivity contribution in [3.63, 3.8) is 0 Å². The molecule has 3 nitrogen and oxygen atoms in total. The number of nitrogens with zero attached hydrogens (tertiary/aromatic N) is 1. The Morgan fingerprint density at radius 1 is 1.29 bits per heavy atom. The average molecular weight is 252 g/mol. The molecular weight excluding hydrogens is 246 g/mol. The predicted octanol–water partition coefficient (Wildman–Crippen LogP) is 3.10. The summed E-state index contributed by atoms with van der Waals surface area (Å²) in [4.78, 5) is 6.87. The molecule has 0 aliphatic carbocycles. The predicted molar refractivity (Wildman–Crippen MR) is 57.0 cm³/mol. The minimum Gasteiger partial charge on any atom is -0.508 e. The first-order valence-electron chi connectivity index (χ1n) is 3.73. The van der Waals surface area contributed by atoms with Crippen LogP contribution in [0.3, 0.4) is 0 Å². The molecule has 2 N–H and O–H groups in total. The molecular formula is C8H5Cl3N2O. The van der Waals surface area contributed by atoms with Gasteiger partial charge in [-0.1, -0.05) is 34.8 Å². The lowest BCUT2D eigenvalue weighted by Gasteiger charge is -2.04. The van der Waals surface area contributed by atoms with Crippen molar-refractivity contribution in [1.82, 2.24) is 9.97 Å².